The highest BCUT2D eigenvalue weighted by Crippen LogP contribution is 2.42. The normalized spacial score (nSPS) is 25.6. The van der Waals surface area contributed by atoms with Crippen LogP contribution in [0.15, 0.2) is 46.1 Å². The molecule has 27 heavy (non-hydrogen) atoms. The predicted molar refractivity (Wildman–Crippen MR) is 93.1 cm³/mol. The van der Waals surface area contributed by atoms with Crippen LogP contribution in [0.4, 0.5) is 0 Å². The number of aromatic nitrogens is 2. The highest BCUT2D eigenvalue weighted by atomic mass is 31.2. The Morgan fingerprint density at radius 1 is 1.33 bits per heavy atom. The van der Waals surface area contributed by atoms with E-state index in [-0.39, 0.29) is 12.0 Å². The number of phosphoric ester groups is 1. The quantitative estimate of drug-likeness (QED) is 0.506. The molecule has 0 aliphatic carbocycles. The summed E-state index contributed by atoms with van der Waals surface area (Å²) in [5.74, 6) is 0. The molecular formula is C16H19N2O8P. The zero-order chi connectivity index (χ0) is 19.8. The molecule has 0 saturated carbocycles. The van der Waals surface area contributed by atoms with Gasteiger partial charge in [0.1, 0.15) is 6.10 Å². The maximum absolute atomic E-state index is 12.5. The molecular weight excluding hydrogens is 379 g/mol. The molecule has 0 spiro atoms. The zero-order valence-corrected chi connectivity index (χ0v) is 15.2. The van der Waals surface area contributed by atoms with E-state index in [0.29, 0.717) is 5.56 Å². The van der Waals surface area contributed by atoms with Crippen LogP contribution in [0.1, 0.15) is 17.5 Å². The average molecular weight is 398 g/mol. The van der Waals surface area contributed by atoms with Crippen LogP contribution in [0.3, 0.4) is 0 Å². The highest BCUT2D eigenvalue weighted by Gasteiger charge is 2.50. The van der Waals surface area contributed by atoms with Gasteiger partial charge >= 0.3 is 13.5 Å². The number of aliphatic hydroxyl groups excluding tert-OH is 1. The Kier molecular flexibility index (Phi) is 5.22. The molecule has 1 fully saturated rings. The third-order valence-electron chi connectivity index (χ3n) is 4.40. The Balaban J connectivity index is 2.09. The van der Waals surface area contributed by atoms with Crippen LogP contribution in [0.25, 0.3) is 0 Å². The minimum absolute atomic E-state index is 0.0857. The number of hydrogen-bond donors (Lipinski definition) is 4. The van der Waals surface area contributed by atoms with Gasteiger partial charge in [-0.2, -0.15) is 0 Å². The fraction of sp³-hybridized carbons (Fsp3) is 0.375. The summed E-state index contributed by atoms with van der Waals surface area (Å²) >= 11 is 0. The van der Waals surface area contributed by atoms with Crippen molar-refractivity contribution in [2.75, 3.05) is 6.61 Å². The summed E-state index contributed by atoms with van der Waals surface area (Å²) in [5, 5.41) is 10.4. The maximum Gasteiger partial charge on any atom is 0.469 e. The number of aromatic amines is 1. The molecule has 4 N–H and O–H groups in total. The third-order valence-corrected chi connectivity index (χ3v) is 4.89. The number of rotatable bonds is 5. The van der Waals surface area contributed by atoms with Crippen LogP contribution in [-0.4, -0.2) is 43.3 Å². The zero-order valence-electron chi connectivity index (χ0n) is 14.3. The van der Waals surface area contributed by atoms with Crippen molar-refractivity contribution in [2.45, 2.75) is 31.3 Å². The molecule has 1 saturated heterocycles. The lowest BCUT2D eigenvalue weighted by Crippen LogP contribution is -2.45. The van der Waals surface area contributed by atoms with Crippen molar-refractivity contribution in [1.82, 2.24) is 9.55 Å². The van der Waals surface area contributed by atoms with Crippen molar-refractivity contribution < 1.29 is 28.7 Å². The number of nitrogens with one attached hydrogen (secondary N) is 1. The van der Waals surface area contributed by atoms with Crippen molar-refractivity contribution >= 4 is 7.82 Å². The number of H-pyrrole nitrogens is 1. The van der Waals surface area contributed by atoms with Crippen molar-refractivity contribution in [3.8, 4) is 0 Å². The van der Waals surface area contributed by atoms with Gasteiger partial charge in [0.05, 0.1) is 12.7 Å². The topological polar surface area (TPSA) is 151 Å². The fourth-order valence-corrected chi connectivity index (χ4v) is 3.46. The van der Waals surface area contributed by atoms with Crippen LogP contribution in [-0.2, 0) is 19.6 Å². The second-order valence-electron chi connectivity index (χ2n) is 6.31. The molecule has 0 unspecified atom stereocenters. The van der Waals surface area contributed by atoms with Gasteiger partial charge in [0.15, 0.2) is 5.72 Å². The van der Waals surface area contributed by atoms with Crippen molar-refractivity contribution in [3.63, 3.8) is 0 Å². The van der Waals surface area contributed by atoms with Crippen LogP contribution in [0, 0.1) is 6.92 Å². The Labute approximate surface area is 153 Å². The van der Waals surface area contributed by atoms with Gasteiger partial charge in [-0.3, -0.25) is 18.9 Å². The van der Waals surface area contributed by atoms with Gasteiger partial charge in [-0.25, -0.2) is 9.36 Å². The molecule has 1 aromatic heterocycles. The Bertz CT molecular complexity index is 982. The number of aryl methyl sites for hydroxylation is 1. The van der Waals surface area contributed by atoms with Gasteiger partial charge in [0.2, 0.25) is 0 Å². The lowest BCUT2D eigenvalue weighted by molar-refractivity contribution is -0.0927. The molecule has 3 rings (SSSR count). The van der Waals surface area contributed by atoms with Crippen molar-refractivity contribution in [1.29, 1.82) is 0 Å². The first kappa shape index (κ1) is 19.7. The lowest BCUT2D eigenvalue weighted by Gasteiger charge is -2.32. The standard InChI is InChI=1S/C16H19N2O8P/c1-10-8-18(15(21)17-14(10)20)16(11-5-3-2-4-6-11)7-12(19)13(26-16)9-25-27(22,23)24/h2-6,8,12-13,19H,7,9H2,1H3,(H,17,20,21)(H2,22,23,24)/t12-,13+,16-/m0/s1. The van der Waals surface area contributed by atoms with E-state index >= 15 is 0 Å². The van der Waals surface area contributed by atoms with Gasteiger partial charge in [-0.05, 0) is 6.92 Å². The summed E-state index contributed by atoms with van der Waals surface area (Å²) in [6.45, 7) is 0.949. The molecule has 2 heterocycles. The first-order valence-corrected chi connectivity index (χ1v) is 9.60. The van der Waals surface area contributed by atoms with E-state index in [0.717, 1.165) is 0 Å². The van der Waals surface area contributed by atoms with Crippen LogP contribution in [0.5, 0.6) is 0 Å². The summed E-state index contributed by atoms with van der Waals surface area (Å²) in [6, 6.07) is 8.57. The SMILES string of the molecule is Cc1cn([C@@]2(c3ccccc3)C[C@H](O)[C@@H](COP(=O)(O)O)O2)c(=O)[nH]c1=O. The average Bonchev–Trinajstić information content (AvgIpc) is 2.94. The second-order valence-corrected chi connectivity index (χ2v) is 7.55. The minimum atomic E-state index is -4.76. The number of benzene rings is 1. The fourth-order valence-electron chi connectivity index (χ4n) is 3.12. The molecule has 146 valence electrons. The first-order valence-electron chi connectivity index (χ1n) is 8.07. The van der Waals surface area contributed by atoms with E-state index < -0.39 is 43.6 Å². The molecule has 0 bridgehead atoms. The molecule has 1 aromatic carbocycles. The minimum Gasteiger partial charge on any atom is -0.390 e. The van der Waals surface area contributed by atoms with Gasteiger partial charge in [0.25, 0.3) is 5.56 Å². The summed E-state index contributed by atoms with van der Waals surface area (Å²) < 4.78 is 22.5. The summed E-state index contributed by atoms with van der Waals surface area (Å²) in [6.07, 6.45) is -1.03. The number of nitrogens with zero attached hydrogens (tertiary/aromatic N) is 1. The number of phosphoric acid groups is 1. The Hall–Kier alpha value is -2.07. The smallest absolute Gasteiger partial charge is 0.390 e. The number of ether oxygens (including phenoxy) is 1. The monoisotopic (exact) mass is 398 g/mol. The summed E-state index contributed by atoms with van der Waals surface area (Å²) in [4.78, 5) is 44.2. The highest BCUT2D eigenvalue weighted by molar-refractivity contribution is 7.46. The molecule has 1 aliphatic heterocycles. The molecule has 1 aliphatic rings. The summed E-state index contributed by atoms with van der Waals surface area (Å²) in [7, 11) is -4.76. The number of aliphatic hydroxyl groups is 1. The van der Waals surface area contributed by atoms with E-state index in [1.165, 1.54) is 17.7 Å². The largest absolute Gasteiger partial charge is 0.469 e. The van der Waals surface area contributed by atoms with Gasteiger partial charge in [-0.15, -0.1) is 0 Å². The van der Waals surface area contributed by atoms with E-state index in [4.69, 9.17) is 14.5 Å². The van der Waals surface area contributed by atoms with E-state index in [1.54, 1.807) is 30.3 Å². The summed E-state index contributed by atoms with van der Waals surface area (Å²) in [5.41, 5.74) is -1.97. The predicted octanol–water partition coefficient (Wildman–Crippen LogP) is -0.195. The lowest BCUT2D eigenvalue weighted by atomic mass is 9.97. The molecule has 2 aromatic rings. The van der Waals surface area contributed by atoms with E-state index in [9.17, 15) is 19.3 Å². The van der Waals surface area contributed by atoms with Gasteiger partial charge < -0.3 is 19.6 Å². The Morgan fingerprint density at radius 3 is 2.63 bits per heavy atom. The van der Waals surface area contributed by atoms with Crippen molar-refractivity contribution in [2.24, 2.45) is 0 Å². The van der Waals surface area contributed by atoms with Crippen LogP contribution < -0.4 is 11.2 Å². The molecule has 10 nitrogen and oxygen atoms in total. The third kappa shape index (κ3) is 3.96. The van der Waals surface area contributed by atoms with Gasteiger partial charge in [0, 0.05) is 23.7 Å². The Morgan fingerprint density at radius 2 is 2.00 bits per heavy atom. The van der Waals surface area contributed by atoms with Crippen LogP contribution >= 0.6 is 7.82 Å². The number of hydrogen-bond acceptors (Lipinski definition) is 6. The molecule has 11 heteroatoms. The van der Waals surface area contributed by atoms with Crippen molar-refractivity contribution in [3.05, 3.63) is 68.5 Å². The van der Waals surface area contributed by atoms with E-state index in [1.807, 2.05) is 0 Å². The van der Waals surface area contributed by atoms with E-state index in [2.05, 4.69) is 9.51 Å². The first-order chi connectivity index (χ1) is 12.6. The molecule has 3 atom stereocenters. The van der Waals surface area contributed by atoms with Gasteiger partial charge in [-0.1, -0.05) is 30.3 Å². The van der Waals surface area contributed by atoms with Crippen LogP contribution in [0.2, 0.25) is 0 Å². The molecule has 0 radical (unpaired) electrons. The maximum atomic E-state index is 12.5. The second kappa shape index (κ2) is 7.16. The molecule has 0 amide bonds.